The molecule has 0 spiro atoms. The third kappa shape index (κ3) is 3.44. The van der Waals surface area contributed by atoms with Crippen LogP contribution in [0.2, 0.25) is 0 Å². The standard InChI is InChI=1S/C21H19N9O/c1-12(26-20-17(19(22)24-11-25-20)21-27-13(2)29-31-21)15-10-16-23-8-9-30(16)28-18(15)14-6-4-3-5-7-14/h3-12H,1-2H3,(H3,22,24,25,26)/t12-/m0/s1. The van der Waals surface area contributed by atoms with Gasteiger partial charge >= 0.3 is 0 Å². The summed E-state index contributed by atoms with van der Waals surface area (Å²) < 4.78 is 7.07. The first kappa shape index (κ1) is 18.7. The first-order valence-corrected chi connectivity index (χ1v) is 9.67. The largest absolute Gasteiger partial charge is 0.383 e. The fourth-order valence-electron chi connectivity index (χ4n) is 3.42. The number of hydrogen-bond acceptors (Lipinski definition) is 9. The van der Waals surface area contributed by atoms with Crippen molar-refractivity contribution in [3.63, 3.8) is 0 Å². The molecule has 10 heteroatoms. The van der Waals surface area contributed by atoms with Gasteiger partial charge in [0.05, 0.1) is 11.7 Å². The molecule has 1 aromatic carbocycles. The molecule has 0 amide bonds. The Balaban J connectivity index is 1.59. The summed E-state index contributed by atoms with van der Waals surface area (Å²) in [7, 11) is 0. The van der Waals surface area contributed by atoms with Crippen molar-refractivity contribution >= 4 is 17.3 Å². The van der Waals surface area contributed by atoms with Crippen LogP contribution in [0.1, 0.15) is 24.4 Å². The summed E-state index contributed by atoms with van der Waals surface area (Å²) in [6, 6.07) is 11.8. The summed E-state index contributed by atoms with van der Waals surface area (Å²) in [5.74, 6) is 1.50. The number of nitrogens with one attached hydrogen (secondary N) is 1. The Labute approximate surface area is 177 Å². The molecule has 10 nitrogen and oxygen atoms in total. The lowest BCUT2D eigenvalue weighted by molar-refractivity contribution is 0.425. The molecule has 4 aromatic heterocycles. The van der Waals surface area contributed by atoms with E-state index < -0.39 is 0 Å². The lowest BCUT2D eigenvalue weighted by Gasteiger charge is -2.19. The molecule has 4 heterocycles. The zero-order valence-corrected chi connectivity index (χ0v) is 16.9. The first-order chi connectivity index (χ1) is 15.1. The maximum Gasteiger partial charge on any atom is 0.265 e. The Morgan fingerprint density at radius 3 is 2.74 bits per heavy atom. The van der Waals surface area contributed by atoms with E-state index in [9.17, 15) is 0 Å². The van der Waals surface area contributed by atoms with E-state index in [1.54, 1.807) is 17.6 Å². The maximum absolute atomic E-state index is 6.11. The molecule has 0 saturated carbocycles. The van der Waals surface area contributed by atoms with Crippen LogP contribution in [0.3, 0.4) is 0 Å². The molecule has 5 rings (SSSR count). The lowest BCUT2D eigenvalue weighted by atomic mass is 10.0. The van der Waals surface area contributed by atoms with Crippen molar-refractivity contribution < 1.29 is 4.52 Å². The van der Waals surface area contributed by atoms with Crippen LogP contribution >= 0.6 is 0 Å². The first-order valence-electron chi connectivity index (χ1n) is 9.67. The van der Waals surface area contributed by atoms with E-state index in [1.165, 1.54) is 6.33 Å². The Morgan fingerprint density at radius 1 is 1.13 bits per heavy atom. The summed E-state index contributed by atoms with van der Waals surface area (Å²) >= 11 is 0. The van der Waals surface area contributed by atoms with Gasteiger partial charge in [0, 0.05) is 23.5 Å². The van der Waals surface area contributed by atoms with E-state index in [0.717, 1.165) is 22.5 Å². The SMILES string of the molecule is Cc1noc(-c2c(N)ncnc2N[C@@H](C)c2cc3nccn3nc2-c2ccccc2)n1. The van der Waals surface area contributed by atoms with Crippen molar-refractivity contribution in [1.82, 2.24) is 34.7 Å². The van der Waals surface area contributed by atoms with E-state index in [-0.39, 0.29) is 17.8 Å². The van der Waals surface area contributed by atoms with Crippen LogP contribution in [-0.4, -0.2) is 34.7 Å². The van der Waals surface area contributed by atoms with E-state index in [2.05, 4.69) is 30.4 Å². The third-order valence-electron chi connectivity index (χ3n) is 4.90. The number of nitrogen functional groups attached to an aromatic ring is 1. The number of fused-ring (bicyclic) bond motifs is 1. The highest BCUT2D eigenvalue weighted by molar-refractivity contribution is 5.79. The topological polar surface area (TPSA) is 133 Å². The monoisotopic (exact) mass is 413 g/mol. The van der Waals surface area contributed by atoms with Gasteiger partial charge in [0.15, 0.2) is 11.5 Å². The van der Waals surface area contributed by atoms with Crippen LogP contribution in [0.15, 0.2) is 59.6 Å². The number of hydrogen-bond donors (Lipinski definition) is 2. The van der Waals surface area contributed by atoms with Crippen molar-refractivity contribution in [2.75, 3.05) is 11.1 Å². The van der Waals surface area contributed by atoms with Crippen molar-refractivity contribution in [3.8, 4) is 22.7 Å². The fourth-order valence-corrected chi connectivity index (χ4v) is 3.42. The highest BCUT2D eigenvalue weighted by Crippen LogP contribution is 2.34. The summed E-state index contributed by atoms with van der Waals surface area (Å²) in [6.45, 7) is 3.75. The summed E-state index contributed by atoms with van der Waals surface area (Å²) in [5, 5.41) is 12.0. The predicted molar refractivity (Wildman–Crippen MR) is 115 cm³/mol. The summed E-state index contributed by atoms with van der Waals surface area (Å²) in [6.07, 6.45) is 4.94. The zero-order chi connectivity index (χ0) is 21.4. The van der Waals surface area contributed by atoms with Crippen LogP contribution in [-0.2, 0) is 0 Å². The second-order valence-electron chi connectivity index (χ2n) is 7.04. The molecule has 0 bridgehead atoms. The van der Waals surface area contributed by atoms with Crippen molar-refractivity contribution in [1.29, 1.82) is 0 Å². The summed E-state index contributed by atoms with van der Waals surface area (Å²) in [4.78, 5) is 17.1. The molecule has 1 atom stereocenters. The number of rotatable bonds is 5. The molecular weight excluding hydrogens is 394 g/mol. The Hall–Kier alpha value is -4.34. The second kappa shape index (κ2) is 7.48. The molecule has 0 saturated heterocycles. The van der Waals surface area contributed by atoms with Crippen LogP contribution in [0.25, 0.3) is 28.4 Å². The predicted octanol–water partition coefficient (Wildman–Crippen LogP) is 3.30. The molecule has 0 unspecified atom stereocenters. The smallest absolute Gasteiger partial charge is 0.265 e. The lowest BCUT2D eigenvalue weighted by Crippen LogP contribution is -2.13. The fraction of sp³-hybridized carbons (Fsp3) is 0.143. The molecule has 0 aliphatic rings. The molecule has 5 aromatic rings. The Kier molecular flexibility index (Phi) is 4.51. The van der Waals surface area contributed by atoms with Crippen LogP contribution in [0.4, 0.5) is 11.6 Å². The van der Waals surface area contributed by atoms with E-state index in [4.69, 9.17) is 15.4 Å². The average molecular weight is 413 g/mol. The molecular formula is C21H19N9O. The number of aromatic nitrogens is 7. The minimum absolute atomic E-state index is 0.193. The van der Waals surface area contributed by atoms with Gasteiger partial charge in [-0.05, 0) is 19.9 Å². The Morgan fingerprint density at radius 2 is 1.97 bits per heavy atom. The normalized spacial score (nSPS) is 12.2. The number of nitrogens with two attached hydrogens (primary N) is 1. The van der Waals surface area contributed by atoms with Crippen molar-refractivity contribution in [2.24, 2.45) is 0 Å². The number of benzene rings is 1. The Bertz CT molecular complexity index is 1360. The molecule has 31 heavy (non-hydrogen) atoms. The maximum atomic E-state index is 6.11. The third-order valence-corrected chi connectivity index (χ3v) is 4.90. The highest BCUT2D eigenvalue weighted by Gasteiger charge is 2.22. The summed E-state index contributed by atoms with van der Waals surface area (Å²) in [5.41, 5.74) is 10.1. The highest BCUT2D eigenvalue weighted by atomic mass is 16.5. The number of anilines is 2. The van der Waals surface area contributed by atoms with Gasteiger partial charge in [-0.15, -0.1) is 0 Å². The number of aryl methyl sites for hydroxylation is 1. The van der Waals surface area contributed by atoms with Gasteiger partial charge in [0.2, 0.25) is 0 Å². The van der Waals surface area contributed by atoms with Gasteiger partial charge in [-0.3, -0.25) is 0 Å². The number of imidazole rings is 1. The van der Waals surface area contributed by atoms with Gasteiger partial charge in [-0.1, -0.05) is 35.5 Å². The van der Waals surface area contributed by atoms with Crippen molar-refractivity contribution in [2.45, 2.75) is 19.9 Å². The van der Waals surface area contributed by atoms with Crippen LogP contribution in [0, 0.1) is 6.92 Å². The minimum Gasteiger partial charge on any atom is -0.383 e. The van der Waals surface area contributed by atoms with E-state index >= 15 is 0 Å². The van der Waals surface area contributed by atoms with Crippen molar-refractivity contribution in [3.05, 3.63) is 66.5 Å². The van der Waals surface area contributed by atoms with Gasteiger partial charge in [-0.25, -0.2) is 19.5 Å². The second-order valence-corrected chi connectivity index (χ2v) is 7.04. The molecule has 0 fully saturated rings. The molecule has 0 aliphatic heterocycles. The van der Waals surface area contributed by atoms with Gasteiger partial charge in [0.25, 0.3) is 5.89 Å². The average Bonchev–Trinajstić information content (AvgIpc) is 3.42. The van der Waals surface area contributed by atoms with Gasteiger partial charge in [-0.2, -0.15) is 10.1 Å². The van der Waals surface area contributed by atoms with Gasteiger partial charge in [0.1, 0.15) is 23.5 Å². The number of nitrogens with zero attached hydrogens (tertiary/aromatic N) is 7. The minimum atomic E-state index is -0.193. The van der Waals surface area contributed by atoms with E-state index in [0.29, 0.717) is 17.2 Å². The van der Waals surface area contributed by atoms with E-state index in [1.807, 2.05) is 49.5 Å². The van der Waals surface area contributed by atoms with Gasteiger partial charge < -0.3 is 15.6 Å². The quantitative estimate of drug-likeness (QED) is 0.445. The zero-order valence-electron chi connectivity index (χ0n) is 16.9. The molecule has 0 radical (unpaired) electrons. The molecule has 0 aliphatic carbocycles. The molecule has 154 valence electrons. The van der Waals surface area contributed by atoms with Crippen LogP contribution < -0.4 is 11.1 Å². The van der Waals surface area contributed by atoms with Crippen LogP contribution in [0.5, 0.6) is 0 Å². The molecule has 3 N–H and O–H groups in total.